The molecule has 0 aliphatic heterocycles. The minimum absolute atomic E-state index is 0.0912. The quantitative estimate of drug-likeness (QED) is 0.741. The number of nitrogens with zero attached hydrogens (tertiary/aromatic N) is 1. The Morgan fingerprint density at radius 1 is 1.25 bits per heavy atom. The van der Waals surface area contributed by atoms with Crippen LogP contribution in [0.4, 0.5) is 0 Å². The van der Waals surface area contributed by atoms with Gasteiger partial charge in [0.05, 0.1) is 17.2 Å². The molecule has 2 aromatic rings. The van der Waals surface area contributed by atoms with Crippen LogP contribution in [0.2, 0.25) is 0 Å². The zero-order valence-corrected chi connectivity index (χ0v) is 12.9. The molecule has 0 amide bonds. The summed E-state index contributed by atoms with van der Waals surface area (Å²) < 4.78 is 5.56. The van der Waals surface area contributed by atoms with Gasteiger partial charge in [0, 0.05) is 12.5 Å². The fourth-order valence-electron chi connectivity index (χ4n) is 1.90. The van der Waals surface area contributed by atoms with E-state index in [0.29, 0.717) is 0 Å². The Labute approximate surface area is 123 Å². The molecule has 0 saturated carbocycles. The summed E-state index contributed by atoms with van der Waals surface area (Å²) in [6.45, 7) is 6.43. The number of carbonyl (C=O) groups is 1. The molecular weight excluding hydrogens is 270 g/mol. The number of rotatable bonds is 6. The first-order valence-corrected chi connectivity index (χ1v) is 7.71. The van der Waals surface area contributed by atoms with Crippen molar-refractivity contribution in [2.45, 2.75) is 33.6 Å². The molecule has 0 bridgehead atoms. The van der Waals surface area contributed by atoms with Crippen LogP contribution in [0.1, 0.15) is 42.6 Å². The maximum absolute atomic E-state index is 11.6. The summed E-state index contributed by atoms with van der Waals surface area (Å²) in [5.74, 6) is 0.961. The summed E-state index contributed by atoms with van der Waals surface area (Å²) >= 11 is 1.47. The van der Waals surface area contributed by atoms with Gasteiger partial charge >= 0.3 is 0 Å². The van der Waals surface area contributed by atoms with Crippen LogP contribution < -0.4 is 4.74 Å². The minimum Gasteiger partial charge on any atom is -0.494 e. The third kappa shape index (κ3) is 3.25. The van der Waals surface area contributed by atoms with Gasteiger partial charge in [-0.2, -0.15) is 0 Å². The van der Waals surface area contributed by atoms with E-state index in [2.05, 4.69) is 11.9 Å². The van der Waals surface area contributed by atoms with E-state index in [1.807, 2.05) is 31.2 Å². The number of Topliss-reactive ketones (excluding diaryl/α,β-unsaturated/α-hetero) is 1. The van der Waals surface area contributed by atoms with Crippen molar-refractivity contribution in [1.82, 2.24) is 4.98 Å². The van der Waals surface area contributed by atoms with Crippen LogP contribution in [0.15, 0.2) is 24.3 Å². The normalized spacial score (nSPS) is 10.6. The van der Waals surface area contributed by atoms with E-state index in [1.54, 1.807) is 6.92 Å². The molecule has 0 spiro atoms. The van der Waals surface area contributed by atoms with Crippen LogP contribution in [0.3, 0.4) is 0 Å². The molecule has 0 atom stereocenters. The van der Waals surface area contributed by atoms with Gasteiger partial charge in [0.1, 0.15) is 10.8 Å². The Bertz CT molecular complexity index is 587. The topological polar surface area (TPSA) is 39.2 Å². The number of aryl methyl sites for hydroxylation is 1. The van der Waals surface area contributed by atoms with Gasteiger partial charge in [0.15, 0.2) is 5.78 Å². The van der Waals surface area contributed by atoms with Crippen molar-refractivity contribution in [3.8, 4) is 16.3 Å². The fourth-order valence-corrected chi connectivity index (χ4v) is 2.96. The van der Waals surface area contributed by atoms with Crippen LogP contribution in [0.5, 0.6) is 5.75 Å². The van der Waals surface area contributed by atoms with Gasteiger partial charge < -0.3 is 4.74 Å². The summed E-state index contributed by atoms with van der Waals surface area (Å²) in [4.78, 5) is 16.9. The summed E-state index contributed by atoms with van der Waals surface area (Å²) in [6.07, 6.45) is 1.78. The first kappa shape index (κ1) is 14.7. The third-order valence-electron chi connectivity index (χ3n) is 2.93. The number of carbonyl (C=O) groups excluding carboxylic acids is 1. The largest absolute Gasteiger partial charge is 0.494 e. The third-order valence-corrected chi connectivity index (χ3v) is 4.17. The molecule has 1 aromatic carbocycles. The smallest absolute Gasteiger partial charge is 0.171 e. The number of hydrogen-bond acceptors (Lipinski definition) is 4. The molecule has 0 saturated heterocycles. The van der Waals surface area contributed by atoms with E-state index < -0.39 is 0 Å². The Morgan fingerprint density at radius 3 is 2.45 bits per heavy atom. The van der Waals surface area contributed by atoms with E-state index in [-0.39, 0.29) is 5.78 Å². The van der Waals surface area contributed by atoms with Crippen molar-refractivity contribution in [2.24, 2.45) is 0 Å². The van der Waals surface area contributed by atoms with Crippen molar-refractivity contribution in [2.75, 3.05) is 6.61 Å². The Morgan fingerprint density at radius 2 is 1.95 bits per heavy atom. The van der Waals surface area contributed by atoms with E-state index >= 15 is 0 Å². The summed E-state index contributed by atoms with van der Waals surface area (Å²) in [5.41, 5.74) is 1.92. The average molecular weight is 289 g/mol. The monoisotopic (exact) mass is 289 g/mol. The standard InChI is InChI=1S/C16H19NO2S/c1-4-10-19-13-8-6-12(7-9-13)16-17-14(5-2)15(20-16)11(3)18/h6-9H,4-5,10H2,1-3H3. The first-order valence-electron chi connectivity index (χ1n) is 6.89. The minimum atomic E-state index is 0.0912. The van der Waals surface area contributed by atoms with Gasteiger partial charge in [-0.3, -0.25) is 4.79 Å². The first-order chi connectivity index (χ1) is 9.65. The van der Waals surface area contributed by atoms with E-state index in [9.17, 15) is 4.79 Å². The lowest BCUT2D eigenvalue weighted by atomic mass is 10.2. The van der Waals surface area contributed by atoms with E-state index in [1.165, 1.54) is 11.3 Å². The van der Waals surface area contributed by atoms with Gasteiger partial charge in [-0.25, -0.2) is 4.98 Å². The van der Waals surface area contributed by atoms with Crippen LogP contribution in [0.25, 0.3) is 10.6 Å². The maximum atomic E-state index is 11.6. The van der Waals surface area contributed by atoms with Crippen molar-refractivity contribution < 1.29 is 9.53 Å². The SMILES string of the molecule is CCCOc1ccc(-c2nc(CC)c(C(C)=O)s2)cc1. The van der Waals surface area contributed by atoms with Gasteiger partial charge in [-0.1, -0.05) is 13.8 Å². The number of hydrogen-bond donors (Lipinski definition) is 0. The average Bonchev–Trinajstić information content (AvgIpc) is 2.90. The predicted octanol–water partition coefficient (Wildman–Crippen LogP) is 4.36. The Kier molecular flexibility index (Phi) is 4.90. The fraction of sp³-hybridized carbons (Fsp3) is 0.375. The number of thiazole rings is 1. The lowest BCUT2D eigenvalue weighted by molar-refractivity contribution is 0.102. The molecular formula is C16H19NO2S. The molecule has 0 aliphatic carbocycles. The number of benzene rings is 1. The number of ether oxygens (including phenoxy) is 1. The lowest BCUT2D eigenvalue weighted by Crippen LogP contribution is -1.94. The summed E-state index contributed by atoms with van der Waals surface area (Å²) in [6, 6.07) is 7.89. The molecule has 1 heterocycles. The Hall–Kier alpha value is -1.68. The zero-order valence-electron chi connectivity index (χ0n) is 12.1. The molecule has 0 N–H and O–H groups in total. The molecule has 0 radical (unpaired) electrons. The van der Waals surface area contributed by atoms with Crippen molar-refractivity contribution in [3.05, 3.63) is 34.8 Å². The second-order valence-corrected chi connectivity index (χ2v) is 5.58. The number of aromatic nitrogens is 1. The maximum Gasteiger partial charge on any atom is 0.171 e. The molecule has 0 unspecified atom stereocenters. The molecule has 3 nitrogen and oxygen atoms in total. The van der Waals surface area contributed by atoms with Gasteiger partial charge in [0.2, 0.25) is 0 Å². The summed E-state index contributed by atoms with van der Waals surface area (Å²) in [5, 5.41) is 0.897. The second-order valence-electron chi connectivity index (χ2n) is 4.58. The van der Waals surface area contributed by atoms with Crippen molar-refractivity contribution in [1.29, 1.82) is 0 Å². The van der Waals surface area contributed by atoms with Gasteiger partial charge in [-0.05, 0) is 37.1 Å². The highest BCUT2D eigenvalue weighted by Gasteiger charge is 2.14. The van der Waals surface area contributed by atoms with Gasteiger partial charge in [0.25, 0.3) is 0 Å². The predicted molar refractivity (Wildman–Crippen MR) is 82.7 cm³/mol. The second kappa shape index (κ2) is 6.66. The lowest BCUT2D eigenvalue weighted by Gasteiger charge is -2.04. The Balaban J connectivity index is 2.25. The van der Waals surface area contributed by atoms with E-state index in [0.717, 1.165) is 46.3 Å². The summed E-state index contributed by atoms with van der Waals surface area (Å²) in [7, 11) is 0. The molecule has 106 valence electrons. The van der Waals surface area contributed by atoms with Crippen LogP contribution >= 0.6 is 11.3 Å². The van der Waals surface area contributed by atoms with E-state index in [4.69, 9.17) is 4.74 Å². The molecule has 20 heavy (non-hydrogen) atoms. The molecule has 0 fully saturated rings. The van der Waals surface area contributed by atoms with Crippen molar-refractivity contribution >= 4 is 17.1 Å². The molecule has 1 aromatic heterocycles. The highest BCUT2D eigenvalue weighted by Crippen LogP contribution is 2.30. The van der Waals surface area contributed by atoms with Gasteiger partial charge in [-0.15, -0.1) is 11.3 Å². The number of ketones is 1. The molecule has 2 rings (SSSR count). The highest BCUT2D eigenvalue weighted by atomic mass is 32.1. The zero-order chi connectivity index (χ0) is 14.5. The molecule has 4 heteroatoms. The van der Waals surface area contributed by atoms with Crippen molar-refractivity contribution in [3.63, 3.8) is 0 Å². The molecule has 0 aliphatic rings. The van der Waals surface area contributed by atoms with Crippen LogP contribution in [-0.2, 0) is 6.42 Å². The van der Waals surface area contributed by atoms with Crippen LogP contribution in [0, 0.1) is 0 Å². The highest BCUT2D eigenvalue weighted by molar-refractivity contribution is 7.17. The van der Waals surface area contributed by atoms with Crippen LogP contribution in [-0.4, -0.2) is 17.4 Å².